The third-order valence-corrected chi connectivity index (χ3v) is 8.73. The third kappa shape index (κ3) is 7.65. The van der Waals surface area contributed by atoms with Crippen LogP contribution in [0.3, 0.4) is 0 Å². The number of carbonyl (C=O) groups is 1. The Bertz CT molecular complexity index is 742. The van der Waals surface area contributed by atoms with Crippen molar-refractivity contribution in [2.24, 2.45) is 17.3 Å². The predicted molar refractivity (Wildman–Crippen MR) is 139 cm³/mol. The predicted octanol–water partition coefficient (Wildman–Crippen LogP) is 7.74. The van der Waals surface area contributed by atoms with Crippen molar-refractivity contribution in [3.05, 3.63) is 34.4 Å². The molecule has 1 aliphatic heterocycles. The van der Waals surface area contributed by atoms with Crippen LogP contribution >= 0.6 is 0 Å². The van der Waals surface area contributed by atoms with Gasteiger partial charge in [-0.3, -0.25) is 4.79 Å². The molecule has 188 valence electrons. The van der Waals surface area contributed by atoms with Gasteiger partial charge in [-0.1, -0.05) is 42.7 Å². The molecule has 1 saturated carbocycles. The van der Waals surface area contributed by atoms with Crippen molar-refractivity contribution < 1.29 is 14.6 Å². The minimum Gasteiger partial charge on any atom is -0.396 e. The molecule has 0 radical (unpaired) electrons. The van der Waals surface area contributed by atoms with E-state index >= 15 is 0 Å². The van der Waals surface area contributed by atoms with Crippen LogP contribution in [0.2, 0.25) is 0 Å². The van der Waals surface area contributed by atoms with E-state index in [1.165, 1.54) is 16.7 Å². The second kappa shape index (κ2) is 12.5. The summed E-state index contributed by atoms with van der Waals surface area (Å²) in [5.41, 5.74) is 5.37. The van der Waals surface area contributed by atoms with E-state index in [-0.39, 0.29) is 17.6 Å². The van der Waals surface area contributed by atoms with Crippen LogP contribution in [0.5, 0.6) is 0 Å². The molecule has 1 heterocycles. The Kier molecular flexibility index (Phi) is 10.6. The highest BCUT2D eigenvalue weighted by Gasteiger charge is 2.50. The highest BCUT2D eigenvalue weighted by molar-refractivity contribution is 5.73. The molecular formula is C30H50O3. The van der Waals surface area contributed by atoms with Gasteiger partial charge >= 0.3 is 0 Å². The van der Waals surface area contributed by atoms with Gasteiger partial charge in [0.25, 0.3) is 0 Å². The molecule has 0 bridgehead atoms. The Morgan fingerprint density at radius 1 is 1.09 bits per heavy atom. The number of aliphatic hydroxyl groups is 1. The number of rotatable bonds is 13. The van der Waals surface area contributed by atoms with Crippen molar-refractivity contribution in [3.63, 3.8) is 0 Å². The lowest BCUT2D eigenvalue weighted by Gasteiger charge is -2.48. The second-order valence-electron chi connectivity index (χ2n) is 11.6. The zero-order valence-corrected chi connectivity index (χ0v) is 22.5. The second-order valence-corrected chi connectivity index (χ2v) is 11.6. The molecule has 5 atom stereocenters. The minimum absolute atomic E-state index is 0.0797. The summed E-state index contributed by atoms with van der Waals surface area (Å²) in [5, 5.41) is 9.47. The van der Waals surface area contributed by atoms with Crippen LogP contribution in [0, 0.1) is 17.3 Å². The quantitative estimate of drug-likeness (QED) is 0.133. The Morgan fingerprint density at radius 2 is 1.79 bits per heavy atom. The van der Waals surface area contributed by atoms with E-state index in [1.807, 2.05) is 6.92 Å². The average Bonchev–Trinajstić information content (AvgIpc) is 3.42. The molecule has 3 nitrogen and oxygen atoms in total. The summed E-state index contributed by atoms with van der Waals surface area (Å²) >= 11 is 0. The van der Waals surface area contributed by atoms with Gasteiger partial charge in [0.2, 0.25) is 0 Å². The number of carbonyl (C=O) groups excluding carboxylic acids is 1. The number of hydrogen-bond acceptors (Lipinski definition) is 3. The third-order valence-electron chi connectivity index (χ3n) is 8.73. The fraction of sp³-hybridized carbons (Fsp3) is 0.767. The average molecular weight is 459 g/mol. The first kappa shape index (κ1) is 28.1. The fourth-order valence-electron chi connectivity index (χ4n) is 6.00. The molecule has 0 aromatic carbocycles. The van der Waals surface area contributed by atoms with Crippen LogP contribution < -0.4 is 0 Å². The summed E-state index contributed by atoms with van der Waals surface area (Å²) in [5.74, 6) is 1.02. The molecular weight excluding hydrogens is 408 g/mol. The zero-order chi connectivity index (χ0) is 24.6. The molecule has 0 aromatic rings. The van der Waals surface area contributed by atoms with Crippen molar-refractivity contribution in [2.75, 3.05) is 6.61 Å². The maximum Gasteiger partial charge on any atom is 0.145 e. The summed E-state index contributed by atoms with van der Waals surface area (Å²) in [6.07, 6.45) is 16.8. The number of epoxide rings is 1. The number of aldehydes is 1. The first-order chi connectivity index (χ1) is 15.6. The molecule has 0 spiro atoms. The maximum atomic E-state index is 11.6. The fourth-order valence-corrected chi connectivity index (χ4v) is 6.00. The summed E-state index contributed by atoms with van der Waals surface area (Å²) in [7, 11) is 0. The standard InChI is InChI=1S/C30H50O3/c1-22(2)11-8-19-30(7)28(33-30)17-14-23(3)12-9-18-29(6)25(5)15-16-26(24(4)21-32)27(29)13-10-20-31/h11-12,21,25,27-28,31H,8-10,13-20H2,1-7H3. The van der Waals surface area contributed by atoms with Crippen molar-refractivity contribution in [3.8, 4) is 0 Å². The first-order valence-electron chi connectivity index (χ1n) is 13.3. The van der Waals surface area contributed by atoms with Gasteiger partial charge in [-0.2, -0.15) is 0 Å². The van der Waals surface area contributed by atoms with E-state index in [0.29, 0.717) is 17.9 Å². The molecule has 33 heavy (non-hydrogen) atoms. The molecule has 0 amide bonds. The van der Waals surface area contributed by atoms with Crippen LogP contribution in [-0.4, -0.2) is 29.7 Å². The number of aliphatic hydroxyl groups excluding tert-OH is 1. The molecule has 2 aliphatic rings. The molecule has 0 aromatic heterocycles. The Hall–Kier alpha value is -1.19. The van der Waals surface area contributed by atoms with E-state index in [0.717, 1.165) is 76.1 Å². The number of allylic oxidation sites excluding steroid dienone is 6. The maximum absolute atomic E-state index is 11.6. The van der Waals surface area contributed by atoms with Crippen molar-refractivity contribution in [2.45, 2.75) is 124 Å². The molecule has 2 fully saturated rings. The summed E-state index contributed by atoms with van der Waals surface area (Å²) in [4.78, 5) is 11.6. The van der Waals surface area contributed by atoms with Gasteiger partial charge in [-0.05, 0) is 122 Å². The van der Waals surface area contributed by atoms with E-state index in [9.17, 15) is 9.90 Å². The van der Waals surface area contributed by atoms with Crippen LogP contribution in [-0.2, 0) is 9.53 Å². The summed E-state index contributed by atoms with van der Waals surface area (Å²) < 4.78 is 6.05. The van der Waals surface area contributed by atoms with Crippen LogP contribution in [0.25, 0.3) is 0 Å². The first-order valence-corrected chi connectivity index (χ1v) is 13.3. The zero-order valence-electron chi connectivity index (χ0n) is 22.5. The van der Waals surface area contributed by atoms with E-state index in [2.05, 4.69) is 53.7 Å². The Labute approximate surface area is 203 Å². The monoisotopic (exact) mass is 458 g/mol. The molecule has 5 unspecified atom stereocenters. The van der Waals surface area contributed by atoms with Gasteiger partial charge in [0.15, 0.2) is 0 Å². The Balaban J connectivity index is 1.93. The van der Waals surface area contributed by atoms with Crippen LogP contribution in [0.1, 0.15) is 113 Å². The molecule has 1 saturated heterocycles. The lowest BCUT2D eigenvalue weighted by molar-refractivity contribution is -0.105. The van der Waals surface area contributed by atoms with E-state index in [1.54, 1.807) is 0 Å². The van der Waals surface area contributed by atoms with Gasteiger partial charge in [-0.15, -0.1) is 0 Å². The lowest BCUT2D eigenvalue weighted by Crippen LogP contribution is -2.39. The smallest absolute Gasteiger partial charge is 0.145 e. The SMILES string of the molecule is CC(C)=CCCC1(C)OC1CCC(C)=CCCC1(C)C(C)CCC(=C(C)C=O)C1CCCO. The Morgan fingerprint density at radius 3 is 2.42 bits per heavy atom. The van der Waals surface area contributed by atoms with Gasteiger partial charge in [0, 0.05) is 6.61 Å². The highest BCUT2D eigenvalue weighted by atomic mass is 16.6. The van der Waals surface area contributed by atoms with Gasteiger partial charge in [0.1, 0.15) is 6.29 Å². The van der Waals surface area contributed by atoms with E-state index in [4.69, 9.17) is 4.74 Å². The molecule has 1 N–H and O–H groups in total. The lowest BCUT2D eigenvalue weighted by atomic mass is 9.56. The van der Waals surface area contributed by atoms with Gasteiger partial charge in [0.05, 0.1) is 11.7 Å². The van der Waals surface area contributed by atoms with Crippen LogP contribution in [0.15, 0.2) is 34.4 Å². The minimum atomic E-state index is 0.0797. The summed E-state index contributed by atoms with van der Waals surface area (Å²) in [6.45, 7) is 15.9. The highest BCUT2D eigenvalue weighted by Crippen LogP contribution is 2.53. The molecule has 2 rings (SSSR count). The topological polar surface area (TPSA) is 49.8 Å². The summed E-state index contributed by atoms with van der Waals surface area (Å²) in [6, 6.07) is 0. The van der Waals surface area contributed by atoms with Crippen molar-refractivity contribution in [1.82, 2.24) is 0 Å². The number of ether oxygens (including phenoxy) is 1. The number of hydrogen-bond donors (Lipinski definition) is 1. The van der Waals surface area contributed by atoms with Gasteiger partial charge < -0.3 is 9.84 Å². The van der Waals surface area contributed by atoms with Crippen molar-refractivity contribution >= 4 is 6.29 Å². The van der Waals surface area contributed by atoms with Gasteiger partial charge in [-0.25, -0.2) is 0 Å². The largest absolute Gasteiger partial charge is 0.396 e. The normalized spacial score (nSPS) is 33.6. The molecule has 3 heteroatoms. The van der Waals surface area contributed by atoms with Crippen LogP contribution in [0.4, 0.5) is 0 Å². The van der Waals surface area contributed by atoms with E-state index < -0.39 is 0 Å². The van der Waals surface area contributed by atoms with Crippen molar-refractivity contribution in [1.29, 1.82) is 0 Å². The molecule has 1 aliphatic carbocycles.